The van der Waals surface area contributed by atoms with Gasteiger partial charge >= 0.3 is 0 Å². The van der Waals surface area contributed by atoms with Crippen LogP contribution in [0, 0.1) is 6.92 Å². The Morgan fingerprint density at radius 2 is 1.39 bits per heavy atom. The van der Waals surface area contributed by atoms with E-state index >= 15 is 0 Å². The third kappa shape index (κ3) is 7.61. The fourth-order valence-electron chi connectivity index (χ4n) is 7.98. The Balaban J connectivity index is 0.000000146. The monoisotopic (exact) mass is 786 g/mol. The van der Waals surface area contributed by atoms with Crippen LogP contribution >= 0.6 is 23.1 Å². The molecule has 5 aliphatic rings. The zero-order valence-corrected chi connectivity index (χ0v) is 33.5. The van der Waals surface area contributed by atoms with Crippen molar-refractivity contribution in [2.45, 2.75) is 50.3 Å². The van der Waals surface area contributed by atoms with Gasteiger partial charge in [-0.3, -0.25) is 24.5 Å². The van der Waals surface area contributed by atoms with Crippen LogP contribution in [-0.4, -0.2) is 112 Å². The third-order valence-corrected chi connectivity index (χ3v) is 13.6. The van der Waals surface area contributed by atoms with Crippen LogP contribution in [0.3, 0.4) is 0 Å². The summed E-state index contributed by atoms with van der Waals surface area (Å²) in [6.45, 7) is 9.11. The predicted octanol–water partition coefficient (Wildman–Crippen LogP) is 6.29. The molecule has 1 aromatic carbocycles. The molecule has 0 aliphatic carbocycles. The van der Waals surface area contributed by atoms with Gasteiger partial charge in [-0.25, -0.2) is 15.0 Å². The van der Waals surface area contributed by atoms with Crippen LogP contribution in [-0.2, 0) is 9.59 Å². The Hall–Kier alpha value is -4.92. The van der Waals surface area contributed by atoms with E-state index in [4.69, 9.17) is 9.98 Å². The number of carbonyl (C=O) groups excluding carboxylic acids is 2. The Kier molecular flexibility index (Phi) is 10.4. The minimum absolute atomic E-state index is 0.0559. The first-order chi connectivity index (χ1) is 27.4. The smallest absolute Gasteiger partial charge is 0.242 e. The molecular weight excluding hydrogens is 741 g/mol. The Morgan fingerprint density at radius 3 is 2.04 bits per heavy atom. The second-order valence-corrected chi connectivity index (χ2v) is 17.3. The molecule has 5 aliphatic heterocycles. The number of aryl methyl sites for hydroxylation is 1. The number of benzene rings is 1. The van der Waals surface area contributed by atoms with Crippen molar-refractivity contribution in [3.8, 4) is 10.6 Å². The highest BCUT2D eigenvalue weighted by Gasteiger charge is 2.42. The van der Waals surface area contributed by atoms with Crippen molar-refractivity contribution in [2.24, 2.45) is 4.99 Å². The van der Waals surface area contributed by atoms with Crippen molar-refractivity contribution in [1.29, 1.82) is 0 Å². The third-order valence-electron chi connectivity index (χ3n) is 11.2. The SMILES string of the molecule is CN1CCN(c2ccc3nc(-c4ccc(N5CCCC5)nc4)sc3c2)C(=O)C1.Cc1ccc(N2CCC3N=C(c4ccc(N5CCCC5)nc4)SC3C2=O)cn1. The number of aliphatic imine (C=N–C) groups is 1. The van der Waals surface area contributed by atoms with Crippen LogP contribution in [0.25, 0.3) is 20.8 Å². The van der Waals surface area contributed by atoms with Gasteiger partial charge in [0.25, 0.3) is 0 Å². The lowest BCUT2D eigenvalue weighted by molar-refractivity contribution is -0.121. The molecule has 288 valence electrons. The summed E-state index contributed by atoms with van der Waals surface area (Å²) in [5.41, 5.74) is 5.81. The first-order valence-corrected chi connectivity index (χ1v) is 21.4. The summed E-state index contributed by atoms with van der Waals surface area (Å²) in [7, 11) is 1.98. The number of hydrogen-bond acceptors (Lipinski definition) is 12. The average molecular weight is 787 g/mol. The van der Waals surface area contributed by atoms with Crippen LogP contribution in [0.15, 0.2) is 78.2 Å². The Labute approximate surface area is 335 Å². The van der Waals surface area contributed by atoms with Crippen molar-refractivity contribution < 1.29 is 9.59 Å². The summed E-state index contributed by atoms with van der Waals surface area (Å²) in [5.74, 6) is 2.38. The van der Waals surface area contributed by atoms with Crippen molar-refractivity contribution in [1.82, 2.24) is 24.8 Å². The summed E-state index contributed by atoms with van der Waals surface area (Å²) in [6.07, 6.45) is 11.5. The van der Waals surface area contributed by atoms with Gasteiger partial charge in [0.05, 0.1) is 34.7 Å². The van der Waals surface area contributed by atoms with Gasteiger partial charge in [0.15, 0.2) is 0 Å². The lowest BCUT2D eigenvalue weighted by atomic mass is 10.0. The first-order valence-electron chi connectivity index (χ1n) is 19.7. The summed E-state index contributed by atoms with van der Waals surface area (Å²) in [5, 5.41) is 1.76. The number of nitrogens with zero attached hydrogens (tertiary/aromatic N) is 10. The van der Waals surface area contributed by atoms with Crippen LogP contribution in [0.5, 0.6) is 0 Å². The van der Waals surface area contributed by atoms with Crippen molar-refractivity contribution >= 4 is 73.2 Å². The molecule has 0 bridgehead atoms. The maximum Gasteiger partial charge on any atom is 0.242 e. The predicted molar refractivity (Wildman–Crippen MR) is 227 cm³/mol. The fraction of sp³-hybridized carbons (Fsp3) is 0.405. The fourth-order valence-corrected chi connectivity index (χ4v) is 10.2. The Morgan fingerprint density at radius 1 is 0.696 bits per heavy atom. The number of hydrogen-bond donors (Lipinski definition) is 0. The van der Waals surface area contributed by atoms with Gasteiger partial charge in [-0.2, -0.15) is 0 Å². The molecule has 2 amide bonds. The molecule has 2 atom stereocenters. The van der Waals surface area contributed by atoms with E-state index in [1.165, 1.54) is 25.7 Å². The summed E-state index contributed by atoms with van der Waals surface area (Å²) < 4.78 is 1.10. The van der Waals surface area contributed by atoms with Gasteiger partial charge in [0.2, 0.25) is 11.8 Å². The first kappa shape index (κ1) is 36.7. The molecule has 2 unspecified atom stereocenters. The van der Waals surface area contributed by atoms with Crippen molar-refractivity contribution in [3.05, 3.63) is 84.4 Å². The van der Waals surface area contributed by atoms with Gasteiger partial charge in [-0.05, 0) is 101 Å². The van der Waals surface area contributed by atoms with E-state index in [9.17, 15) is 9.59 Å². The number of thiazole rings is 1. The molecule has 0 saturated carbocycles. The topological polar surface area (TPSA) is 114 Å². The number of aromatic nitrogens is 4. The lowest BCUT2D eigenvalue weighted by Gasteiger charge is -2.32. The number of likely N-dealkylation sites (N-methyl/N-ethyl adjacent to an activating group) is 1. The van der Waals surface area contributed by atoms with E-state index in [1.807, 2.05) is 60.4 Å². The molecule has 0 radical (unpaired) electrons. The van der Waals surface area contributed by atoms with Crippen LogP contribution < -0.4 is 19.6 Å². The molecule has 9 heterocycles. The highest BCUT2D eigenvalue weighted by Crippen LogP contribution is 2.38. The second kappa shape index (κ2) is 15.9. The van der Waals surface area contributed by atoms with E-state index in [0.29, 0.717) is 13.1 Å². The number of amides is 2. The summed E-state index contributed by atoms with van der Waals surface area (Å²) >= 11 is 3.24. The number of rotatable bonds is 6. The van der Waals surface area contributed by atoms with Gasteiger partial charge in [-0.15, -0.1) is 11.3 Å². The second-order valence-electron chi connectivity index (χ2n) is 15.1. The van der Waals surface area contributed by atoms with Crippen LogP contribution in [0.1, 0.15) is 43.4 Å². The lowest BCUT2D eigenvalue weighted by Crippen LogP contribution is -2.48. The molecule has 4 saturated heterocycles. The summed E-state index contributed by atoms with van der Waals surface area (Å²) in [6, 6.07) is 18.5. The molecule has 0 spiro atoms. The molecule has 4 aromatic heterocycles. The number of pyridine rings is 3. The quantitative estimate of drug-likeness (QED) is 0.195. The molecule has 10 rings (SSSR count). The van der Waals surface area contributed by atoms with Gasteiger partial charge in [-0.1, -0.05) is 11.8 Å². The van der Waals surface area contributed by atoms with Crippen LogP contribution in [0.4, 0.5) is 23.0 Å². The zero-order chi connectivity index (χ0) is 38.2. The maximum absolute atomic E-state index is 13.1. The van der Waals surface area contributed by atoms with Gasteiger partial charge in [0, 0.05) is 80.7 Å². The molecule has 4 fully saturated rings. The van der Waals surface area contributed by atoms with E-state index < -0.39 is 0 Å². The highest BCUT2D eigenvalue weighted by molar-refractivity contribution is 8.15. The van der Waals surface area contributed by atoms with E-state index in [2.05, 4.69) is 60.0 Å². The average Bonchev–Trinajstić information content (AvgIpc) is 4.07. The van der Waals surface area contributed by atoms with E-state index in [1.54, 1.807) is 29.3 Å². The molecule has 0 N–H and O–H groups in total. The summed E-state index contributed by atoms with van der Waals surface area (Å²) in [4.78, 5) is 59.2. The van der Waals surface area contributed by atoms with E-state index in [0.717, 1.165) is 106 Å². The molecule has 5 aromatic rings. The Bertz CT molecular complexity index is 2230. The number of thioether (sulfide) groups is 1. The normalized spacial score (nSPS) is 21.4. The number of anilines is 4. The highest BCUT2D eigenvalue weighted by atomic mass is 32.2. The van der Waals surface area contributed by atoms with Crippen LogP contribution in [0.2, 0.25) is 0 Å². The molecule has 12 nitrogen and oxygen atoms in total. The minimum Gasteiger partial charge on any atom is -0.357 e. The maximum atomic E-state index is 13.1. The van der Waals surface area contributed by atoms with Gasteiger partial charge < -0.3 is 19.6 Å². The number of piperidine rings is 1. The van der Waals surface area contributed by atoms with E-state index in [-0.39, 0.29) is 23.1 Å². The number of fused-ring (bicyclic) bond motifs is 2. The van der Waals surface area contributed by atoms with Gasteiger partial charge in [0.1, 0.15) is 26.9 Å². The minimum atomic E-state index is -0.150. The number of piperazine rings is 1. The molecule has 14 heteroatoms. The standard InChI is InChI=1S/2C21H23N5OS/c1-24-10-11-26(20(27)14-24)16-5-6-17-18(12-16)28-21(23-17)15-4-7-19(22-13-15)25-8-2-3-9-25;1-14-4-6-16(13-22-14)26-11-8-17-19(21(26)27)28-20(24-17)15-5-7-18(23-12-15)25-9-2-3-10-25/h4-7,12-13H,2-3,8-11,14H2,1H3;4-7,12-13,17,19H,2-3,8-11H2,1H3. The molecule has 56 heavy (non-hydrogen) atoms. The largest absolute Gasteiger partial charge is 0.357 e. The zero-order valence-electron chi connectivity index (χ0n) is 31.9. The number of carbonyl (C=O) groups is 2. The van der Waals surface area contributed by atoms with Crippen molar-refractivity contribution in [2.75, 3.05) is 79.0 Å². The molecular formula is C42H46N10O2S2. The van der Waals surface area contributed by atoms with Crippen molar-refractivity contribution in [3.63, 3.8) is 0 Å².